The number of benzene rings is 2. The number of esters is 1. The van der Waals surface area contributed by atoms with Gasteiger partial charge in [0.25, 0.3) is 5.56 Å². The van der Waals surface area contributed by atoms with E-state index < -0.39 is 11.7 Å². The number of fused-ring (bicyclic) bond motifs is 1. The van der Waals surface area contributed by atoms with Gasteiger partial charge in [-0.15, -0.1) is 0 Å². The molecule has 2 unspecified atom stereocenters. The summed E-state index contributed by atoms with van der Waals surface area (Å²) in [6, 6.07) is 13.3. The van der Waals surface area contributed by atoms with Crippen LogP contribution in [0.2, 0.25) is 0 Å². The standard InChI is InChI=1S/C23H23N3O5/c1-14-13-18(14)20(27)24-16-9-7-15(8-10-16)22(29)31-12-4-11-26-21(28)17-5-2-3-6-19(17)25-23(26)30/h2-3,5-10,14,18H,4,11-13H2,1H3,(H,24,27)(H,25,30). The zero-order chi connectivity index (χ0) is 22.0. The van der Waals surface area contributed by atoms with Gasteiger partial charge in [-0.3, -0.25) is 14.2 Å². The fourth-order valence-electron chi connectivity index (χ4n) is 3.48. The Labute approximate surface area is 177 Å². The van der Waals surface area contributed by atoms with Gasteiger partial charge < -0.3 is 15.0 Å². The van der Waals surface area contributed by atoms with E-state index in [4.69, 9.17) is 4.74 Å². The number of nitrogens with one attached hydrogen (secondary N) is 2. The van der Waals surface area contributed by atoms with E-state index >= 15 is 0 Å². The number of carbonyl (C=O) groups excluding carboxylic acids is 2. The summed E-state index contributed by atoms with van der Waals surface area (Å²) in [7, 11) is 0. The van der Waals surface area contributed by atoms with Crippen LogP contribution in [0.1, 0.15) is 30.1 Å². The van der Waals surface area contributed by atoms with Gasteiger partial charge in [0.05, 0.1) is 23.1 Å². The molecule has 0 saturated heterocycles. The maximum absolute atomic E-state index is 12.5. The summed E-state index contributed by atoms with van der Waals surface area (Å²) in [4.78, 5) is 51.5. The molecule has 1 heterocycles. The highest BCUT2D eigenvalue weighted by molar-refractivity contribution is 5.95. The molecular formula is C23H23N3O5. The highest BCUT2D eigenvalue weighted by Crippen LogP contribution is 2.38. The van der Waals surface area contributed by atoms with E-state index in [1.165, 1.54) is 0 Å². The normalized spacial score (nSPS) is 17.3. The number of carbonyl (C=O) groups is 2. The maximum atomic E-state index is 12.5. The Morgan fingerprint density at radius 2 is 1.84 bits per heavy atom. The fraction of sp³-hybridized carbons (Fsp3) is 0.304. The quantitative estimate of drug-likeness (QED) is 0.450. The molecule has 8 heteroatoms. The molecule has 2 atom stereocenters. The van der Waals surface area contributed by atoms with E-state index in [0.29, 0.717) is 34.5 Å². The van der Waals surface area contributed by atoms with Gasteiger partial charge in [0, 0.05) is 18.2 Å². The van der Waals surface area contributed by atoms with E-state index in [1.54, 1.807) is 48.5 Å². The summed E-state index contributed by atoms with van der Waals surface area (Å²) < 4.78 is 6.35. The lowest BCUT2D eigenvalue weighted by Crippen LogP contribution is -2.35. The Morgan fingerprint density at radius 3 is 2.55 bits per heavy atom. The number of amides is 1. The second-order valence-corrected chi connectivity index (χ2v) is 7.81. The minimum absolute atomic E-state index is 0.00162. The number of ether oxygens (including phenoxy) is 1. The first-order valence-electron chi connectivity index (χ1n) is 10.2. The number of nitrogens with zero attached hydrogens (tertiary/aromatic N) is 1. The predicted molar refractivity (Wildman–Crippen MR) is 116 cm³/mol. The van der Waals surface area contributed by atoms with Crippen LogP contribution in [0.3, 0.4) is 0 Å². The molecule has 1 aromatic heterocycles. The van der Waals surface area contributed by atoms with E-state index in [0.717, 1.165) is 11.0 Å². The third-order valence-electron chi connectivity index (χ3n) is 5.48. The van der Waals surface area contributed by atoms with Crippen molar-refractivity contribution in [3.63, 3.8) is 0 Å². The minimum Gasteiger partial charge on any atom is -0.462 e. The molecule has 0 spiro atoms. The number of aromatic nitrogens is 2. The first kappa shape index (κ1) is 20.6. The molecule has 2 aromatic carbocycles. The van der Waals surface area contributed by atoms with Crippen molar-refractivity contribution >= 4 is 28.5 Å². The largest absolute Gasteiger partial charge is 0.462 e. The van der Waals surface area contributed by atoms with Crippen molar-refractivity contribution in [1.29, 1.82) is 0 Å². The molecule has 1 aliphatic carbocycles. The van der Waals surface area contributed by atoms with Crippen LogP contribution < -0.4 is 16.6 Å². The van der Waals surface area contributed by atoms with Crippen LogP contribution in [0.15, 0.2) is 58.1 Å². The zero-order valence-electron chi connectivity index (χ0n) is 17.1. The van der Waals surface area contributed by atoms with Crippen molar-refractivity contribution in [3.8, 4) is 0 Å². The smallest absolute Gasteiger partial charge is 0.338 e. The molecule has 0 aliphatic heterocycles. The lowest BCUT2D eigenvalue weighted by molar-refractivity contribution is -0.117. The summed E-state index contributed by atoms with van der Waals surface area (Å²) in [5.74, 6) is -0.00232. The molecule has 1 amide bonds. The van der Waals surface area contributed by atoms with Crippen LogP contribution in [0.25, 0.3) is 10.9 Å². The zero-order valence-corrected chi connectivity index (χ0v) is 17.1. The summed E-state index contributed by atoms with van der Waals surface area (Å²) in [5.41, 5.74) is 0.623. The van der Waals surface area contributed by atoms with Gasteiger partial charge in [-0.1, -0.05) is 19.1 Å². The lowest BCUT2D eigenvalue weighted by Gasteiger charge is -2.08. The van der Waals surface area contributed by atoms with Crippen molar-refractivity contribution < 1.29 is 14.3 Å². The Balaban J connectivity index is 1.30. The van der Waals surface area contributed by atoms with Gasteiger partial charge in [0.2, 0.25) is 5.91 Å². The van der Waals surface area contributed by atoms with E-state index in [9.17, 15) is 19.2 Å². The van der Waals surface area contributed by atoms with Crippen LogP contribution in [-0.2, 0) is 16.1 Å². The lowest BCUT2D eigenvalue weighted by atomic mass is 10.2. The van der Waals surface area contributed by atoms with Crippen LogP contribution >= 0.6 is 0 Å². The van der Waals surface area contributed by atoms with Gasteiger partial charge in [-0.05, 0) is 55.2 Å². The highest BCUT2D eigenvalue weighted by atomic mass is 16.5. The molecule has 3 aromatic rings. The third-order valence-corrected chi connectivity index (χ3v) is 5.48. The Kier molecular flexibility index (Phi) is 5.70. The SMILES string of the molecule is CC1CC1C(=O)Nc1ccc(C(=O)OCCCn2c(=O)[nH]c3ccccc3c2=O)cc1. The molecule has 1 saturated carbocycles. The second kappa shape index (κ2) is 8.59. The number of hydrogen-bond acceptors (Lipinski definition) is 5. The Hall–Kier alpha value is -3.68. The van der Waals surface area contributed by atoms with Crippen molar-refractivity contribution in [1.82, 2.24) is 9.55 Å². The number of hydrogen-bond donors (Lipinski definition) is 2. The third kappa shape index (κ3) is 4.58. The van der Waals surface area contributed by atoms with E-state index in [2.05, 4.69) is 10.3 Å². The topological polar surface area (TPSA) is 110 Å². The van der Waals surface area contributed by atoms with Crippen molar-refractivity contribution in [2.45, 2.75) is 26.3 Å². The molecule has 4 rings (SSSR count). The molecule has 160 valence electrons. The average molecular weight is 421 g/mol. The predicted octanol–water partition coefficient (Wildman–Crippen LogP) is 2.53. The molecule has 0 bridgehead atoms. The van der Waals surface area contributed by atoms with Gasteiger partial charge in [-0.25, -0.2) is 9.59 Å². The average Bonchev–Trinajstić information content (AvgIpc) is 3.50. The van der Waals surface area contributed by atoms with Gasteiger partial charge >= 0.3 is 11.7 Å². The number of aromatic amines is 1. The number of para-hydroxylation sites is 1. The number of rotatable bonds is 7. The monoisotopic (exact) mass is 421 g/mol. The second-order valence-electron chi connectivity index (χ2n) is 7.81. The Bertz CT molecular complexity index is 1240. The molecule has 0 radical (unpaired) electrons. The van der Waals surface area contributed by atoms with Gasteiger partial charge in [0.1, 0.15) is 0 Å². The van der Waals surface area contributed by atoms with Crippen LogP contribution in [-0.4, -0.2) is 28.0 Å². The summed E-state index contributed by atoms with van der Waals surface area (Å²) >= 11 is 0. The van der Waals surface area contributed by atoms with Crippen LogP contribution in [0, 0.1) is 11.8 Å². The first-order chi connectivity index (χ1) is 14.9. The van der Waals surface area contributed by atoms with Crippen molar-refractivity contribution in [3.05, 3.63) is 74.9 Å². The first-order valence-corrected chi connectivity index (χ1v) is 10.2. The van der Waals surface area contributed by atoms with Crippen molar-refractivity contribution in [2.24, 2.45) is 11.8 Å². The summed E-state index contributed by atoms with van der Waals surface area (Å²) in [6.07, 6.45) is 1.23. The molecular weight excluding hydrogens is 398 g/mol. The summed E-state index contributed by atoms with van der Waals surface area (Å²) in [6.45, 7) is 2.24. The van der Waals surface area contributed by atoms with E-state index in [1.807, 2.05) is 6.92 Å². The molecule has 31 heavy (non-hydrogen) atoms. The maximum Gasteiger partial charge on any atom is 0.338 e. The fourth-order valence-corrected chi connectivity index (χ4v) is 3.48. The molecule has 8 nitrogen and oxygen atoms in total. The molecule has 1 aliphatic rings. The van der Waals surface area contributed by atoms with Crippen LogP contribution in [0.5, 0.6) is 0 Å². The van der Waals surface area contributed by atoms with Gasteiger partial charge in [-0.2, -0.15) is 0 Å². The van der Waals surface area contributed by atoms with Crippen LogP contribution in [0.4, 0.5) is 5.69 Å². The Morgan fingerprint density at radius 1 is 1.13 bits per heavy atom. The number of H-pyrrole nitrogens is 1. The van der Waals surface area contributed by atoms with Gasteiger partial charge in [0.15, 0.2) is 0 Å². The summed E-state index contributed by atoms with van der Waals surface area (Å²) in [5, 5.41) is 3.27. The minimum atomic E-state index is -0.506. The van der Waals surface area contributed by atoms with E-state index in [-0.39, 0.29) is 30.5 Å². The van der Waals surface area contributed by atoms with Crippen molar-refractivity contribution in [2.75, 3.05) is 11.9 Å². The molecule has 1 fully saturated rings. The molecule has 2 N–H and O–H groups in total. The highest BCUT2D eigenvalue weighted by Gasteiger charge is 2.39. The number of anilines is 1.